The van der Waals surface area contributed by atoms with E-state index in [1.165, 1.54) is 6.08 Å². The van der Waals surface area contributed by atoms with E-state index in [0.29, 0.717) is 19.6 Å². The molecular weight excluding hydrogens is 372 g/mol. The van der Waals surface area contributed by atoms with Gasteiger partial charge in [0, 0.05) is 25.7 Å². The van der Waals surface area contributed by atoms with Crippen molar-refractivity contribution in [2.24, 2.45) is 0 Å². The van der Waals surface area contributed by atoms with Gasteiger partial charge < -0.3 is 18.9 Å². The molecule has 0 radical (unpaired) electrons. The molecule has 0 bridgehead atoms. The Hall–Kier alpha value is -2.18. The molecule has 2 atom stereocenters. The maximum atomic E-state index is 11.4. The van der Waals surface area contributed by atoms with Crippen molar-refractivity contribution in [2.45, 2.75) is 57.7 Å². The summed E-state index contributed by atoms with van der Waals surface area (Å²) in [7, 11) is 0. The monoisotopic (exact) mass is 404 g/mol. The first-order valence-corrected chi connectivity index (χ1v) is 10.5. The number of hydrogen-bond acceptors (Lipinski definition) is 6. The van der Waals surface area contributed by atoms with Crippen molar-refractivity contribution >= 4 is 18.0 Å². The molecule has 0 aromatic heterocycles. The highest BCUT2D eigenvalue weighted by Crippen LogP contribution is 2.13. The topological polar surface area (TPSA) is 71.1 Å². The van der Waals surface area contributed by atoms with Gasteiger partial charge >= 0.3 is 11.9 Å². The summed E-state index contributed by atoms with van der Waals surface area (Å²) in [6, 6.07) is 9.66. The molecule has 1 aromatic rings. The van der Waals surface area contributed by atoms with Crippen LogP contribution in [0.25, 0.3) is 6.08 Å². The van der Waals surface area contributed by atoms with Crippen LogP contribution in [0.3, 0.4) is 0 Å². The van der Waals surface area contributed by atoms with Gasteiger partial charge in [0.05, 0.1) is 12.2 Å². The van der Waals surface area contributed by atoms with Gasteiger partial charge in [-0.1, -0.05) is 37.3 Å². The van der Waals surface area contributed by atoms with Crippen molar-refractivity contribution in [2.75, 3.05) is 26.4 Å². The summed E-state index contributed by atoms with van der Waals surface area (Å²) < 4.78 is 20.8. The Balaban J connectivity index is 0.000000221. The zero-order valence-corrected chi connectivity index (χ0v) is 17.2. The lowest BCUT2D eigenvalue weighted by atomic mass is 10.2. The van der Waals surface area contributed by atoms with E-state index in [2.05, 4.69) is 0 Å². The third kappa shape index (κ3) is 10.2. The van der Waals surface area contributed by atoms with Gasteiger partial charge in [0.25, 0.3) is 0 Å². The van der Waals surface area contributed by atoms with Crippen LogP contribution in [0.5, 0.6) is 0 Å². The first-order valence-electron chi connectivity index (χ1n) is 10.5. The minimum atomic E-state index is -0.315. The molecule has 6 nitrogen and oxygen atoms in total. The van der Waals surface area contributed by atoms with E-state index in [1.54, 1.807) is 6.08 Å². The van der Waals surface area contributed by atoms with Crippen LogP contribution in [0.2, 0.25) is 0 Å². The Morgan fingerprint density at radius 1 is 1.00 bits per heavy atom. The molecule has 2 aliphatic heterocycles. The summed E-state index contributed by atoms with van der Waals surface area (Å²) in [6.45, 7) is 4.36. The van der Waals surface area contributed by atoms with Crippen LogP contribution in [0, 0.1) is 0 Å². The second-order valence-electron chi connectivity index (χ2n) is 7.08. The summed E-state index contributed by atoms with van der Waals surface area (Å²) in [5.74, 6) is -0.419. The molecule has 0 N–H and O–H groups in total. The molecule has 0 spiro atoms. The van der Waals surface area contributed by atoms with E-state index in [0.717, 1.165) is 50.9 Å². The third-order valence-corrected chi connectivity index (χ3v) is 4.56. The van der Waals surface area contributed by atoms with Gasteiger partial charge in [-0.2, -0.15) is 0 Å². The molecule has 6 heteroatoms. The maximum absolute atomic E-state index is 11.4. The van der Waals surface area contributed by atoms with Gasteiger partial charge in [0.2, 0.25) is 0 Å². The summed E-state index contributed by atoms with van der Waals surface area (Å²) in [6.07, 6.45) is 8.97. The molecule has 3 rings (SSSR count). The van der Waals surface area contributed by atoms with Crippen LogP contribution in [-0.2, 0) is 28.5 Å². The predicted molar refractivity (Wildman–Crippen MR) is 110 cm³/mol. The lowest BCUT2D eigenvalue weighted by molar-refractivity contribution is -0.147. The van der Waals surface area contributed by atoms with Crippen molar-refractivity contribution < 1.29 is 28.5 Å². The number of ether oxygens (including phenoxy) is 4. The van der Waals surface area contributed by atoms with Crippen molar-refractivity contribution in [1.82, 2.24) is 0 Å². The zero-order chi connectivity index (χ0) is 20.7. The molecule has 0 amide bonds. The van der Waals surface area contributed by atoms with Crippen LogP contribution in [-0.4, -0.2) is 50.6 Å². The Bertz CT molecular complexity index is 616. The number of esters is 2. The highest BCUT2D eigenvalue weighted by Gasteiger charge is 2.17. The van der Waals surface area contributed by atoms with Crippen LogP contribution >= 0.6 is 0 Å². The first kappa shape index (κ1) is 23.1. The minimum absolute atomic E-state index is 0.0871. The Labute approximate surface area is 173 Å². The number of hydrogen-bond donors (Lipinski definition) is 0. The van der Waals surface area contributed by atoms with E-state index in [1.807, 2.05) is 37.3 Å². The van der Waals surface area contributed by atoms with Crippen LogP contribution in [0.4, 0.5) is 0 Å². The van der Waals surface area contributed by atoms with Gasteiger partial charge in [-0.05, 0) is 43.7 Å². The number of benzene rings is 1. The molecule has 2 fully saturated rings. The fraction of sp³-hybridized carbons (Fsp3) is 0.565. The molecule has 2 unspecified atom stereocenters. The lowest BCUT2D eigenvalue weighted by Gasteiger charge is -2.09. The normalized spacial score (nSPS) is 20.9. The van der Waals surface area contributed by atoms with E-state index in [9.17, 15) is 9.59 Å². The summed E-state index contributed by atoms with van der Waals surface area (Å²) >= 11 is 0. The fourth-order valence-corrected chi connectivity index (χ4v) is 2.97. The first-order chi connectivity index (χ1) is 14.2. The van der Waals surface area contributed by atoms with Crippen LogP contribution in [0.1, 0.15) is 51.0 Å². The SMILES string of the molecule is CCCC(=O)OCC1CCCO1.O=C(/C=C/c1ccccc1)OCC1CCCO1. The fourth-order valence-electron chi connectivity index (χ4n) is 2.97. The summed E-state index contributed by atoms with van der Waals surface area (Å²) in [4.78, 5) is 22.3. The smallest absolute Gasteiger partial charge is 0.330 e. The van der Waals surface area contributed by atoms with Gasteiger partial charge in [-0.3, -0.25) is 4.79 Å². The second kappa shape index (κ2) is 13.9. The van der Waals surface area contributed by atoms with Crippen molar-refractivity contribution in [3.05, 3.63) is 42.0 Å². The van der Waals surface area contributed by atoms with Gasteiger partial charge in [0.15, 0.2) is 0 Å². The molecule has 29 heavy (non-hydrogen) atoms. The third-order valence-electron chi connectivity index (χ3n) is 4.56. The highest BCUT2D eigenvalue weighted by molar-refractivity contribution is 5.87. The van der Waals surface area contributed by atoms with Crippen molar-refractivity contribution in [1.29, 1.82) is 0 Å². The number of carbonyl (C=O) groups excluding carboxylic acids is 2. The highest BCUT2D eigenvalue weighted by atomic mass is 16.6. The number of carbonyl (C=O) groups is 2. The summed E-state index contributed by atoms with van der Waals surface area (Å²) in [5, 5.41) is 0. The van der Waals surface area contributed by atoms with E-state index < -0.39 is 0 Å². The molecule has 2 saturated heterocycles. The van der Waals surface area contributed by atoms with Gasteiger partial charge in [-0.15, -0.1) is 0 Å². The molecule has 2 aliphatic rings. The van der Waals surface area contributed by atoms with E-state index >= 15 is 0 Å². The van der Waals surface area contributed by atoms with Gasteiger partial charge in [-0.25, -0.2) is 4.79 Å². The molecule has 160 valence electrons. The minimum Gasteiger partial charge on any atom is -0.463 e. The largest absolute Gasteiger partial charge is 0.463 e. The predicted octanol–water partition coefficient (Wildman–Crippen LogP) is 3.93. The average molecular weight is 405 g/mol. The number of rotatable bonds is 8. The van der Waals surface area contributed by atoms with Gasteiger partial charge in [0.1, 0.15) is 13.2 Å². The van der Waals surface area contributed by atoms with E-state index in [-0.39, 0.29) is 24.1 Å². The molecule has 0 saturated carbocycles. The average Bonchev–Trinajstić information content (AvgIpc) is 3.45. The van der Waals surface area contributed by atoms with Crippen molar-refractivity contribution in [3.63, 3.8) is 0 Å². The molecule has 1 aromatic carbocycles. The van der Waals surface area contributed by atoms with Crippen LogP contribution < -0.4 is 0 Å². The second-order valence-corrected chi connectivity index (χ2v) is 7.08. The maximum Gasteiger partial charge on any atom is 0.330 e. The summed E-state index contributed by atoms with van der Waals surface area (Å²) in [5.41, 5.74) is 0.988. The Kier molecular flexibility index (Phi) is 11.1. The molecular formula is C23H32O6. The molecule has 0 aliphatic carbocycles. The Morgan fingerprint density at radius 3 is 2.17 bits per heavy atom. The Morgan fingerprint density at radius 2 is 1.62 bits per heavy atom. The zero-order valence-electron chi connectivity index (χ0n) is 17.2. The standard InChI is InChI=1S/C14H16O3.C9H16O3/c15-14(17-11-13-7-4-10-16-13)9-8-12-5-2-1-3-6-12;1-2-4-9(10)12-7-8-5-3-6-11-8/h1-3,5-6,8-9,13H,4,7,10-11H2;8H,2-7H2,1H3/b9-8+;. The quantitative estimate of drug-likeness (QED) is 0.483. The van der Waals surface area contributed by atoms with Crippen LogP contribution in [0.15, 0.2) is 36.4 Å². The van der Waals surface area contributed by atoms with Crippen molar-refractivity contribution in [3.8, 4) is 0 Å². The molecule has 2 heterocycles. The van der Waals surface area contributed by atoms with E-state index in [4.69, 9.17) is 18.9 Å². The lowest BCUT2D eigenvalue weighted by Crippen LogP contribution is -2.17.